The topological polar surface area (TPSA) is 35.5 Å². The fourth-order valence-corrected chi connectivity index (χ4v) is 2.26. The van der Waals surface area contributed by atoms with Gasteiger partial charge in [0.25, 0.3) is 0 Å². The van der Waals surface area contributed by atoms with Crippen LogP contribution in [0.3, 0.4) is 0 Å². The fourth-order valence-electron chi connectivity index (χ4n) is 2.26. The van der Waals surface area contributed by atoms with Gasteiger partial charge in [0.1, 0.15) is 0 Å². The zero-order valence-electron chi connectivity index (χ0n) is 7.71. The second kappa shape index (κ2) is 2.98. The molecule has 0 aliphatic carbocycles. The standard InChI is InChI=1S/C9H18N2O/c1-9(12)6-11(7-9)8-2-4-10-5-3-8/h8,10,12H,2-7H2,1H3. The molecule has 0 radical (unpaired) electrons. The number of piperidine rings is 1. The van der Waals surface area contributed by atoms with Crippen LogP contribution < -0.4 is 5.32 Å². The summed E-state index contributed by atoms with van der Waals surface area (Å²) in [5.74, 6) is 0. The second-order valence-electron chi connectivity index (χ2n) is 4.38. The first kappa shape index (κ1) is 8.48. The predicted octanol–water partition coefficient (Wildman–Crippen LogP) is -0.195. The molecule has 2 N–H and O–H groups in total. The van der Waals surface area contributed by atoms with E-state index in [1.165, 1.54) is 12.8 Å². The summed E-state index contributed by atoms with van der Waals surface area (Å²) >= 11 is 0. The summed E-state index contributed by atoms with van der Waals surface area (Å²) in [5, 5.41) is 12.9. The van der Waals surface area contributed by atoms with Gasteiger partial charge in [-0.15, -0.1) is 0 Å². The van der Waals surface area contributed by atoms with E-state index in [-0.39, 0.29) is 0 Å². The maximum absolute atomic E-state index is 9.56. The SMILES string of the molecule is CC1(O)CN(C2CCNCC2)C1. The van der Waals surface area contributed by atoms with Crippen molar-refractivity contribution in [3.8, 4) is 0 Å². The molecule has 3 nitrogen and oxygen atoms in total. The molecule has 0 spiro atoms. The molecule has 0 aromatic rings. The van der Waals surface area contributed by atoms with Crippen LogP contribution in [0.2, 0.25) is 0 Å². The highest BCUT2D eigenvalue weighted by Gasteiger charge is 2.40. The van der Waals surface area contributed by atoms with Gasteiger partial charge in [0.2, 0.25) is 0 Å². The van der Waals surface area contributed by atoms with Crippen molar-refractivity contribution < 1.29 is 5.11 Å². The van der Waals surface area contributed by atoms with Gasteiger partial charge in [0.15, 0.2) is 0 Å². The summed E-state index contributed by atoms with van der Waals surface area (Å²) in [4.78, 5) is 2.40. The Hall–Kier alpha value is -0.120. The Morgan fingerprint density at radius 2 is 1.92 bits per heavy atom. The summed E-state index contributed by atoms with van der Waals surface area (Å²) < 4.78 is 0. The van der Waals surface area contributed by atoms with Crippen molar-refractivity contribution in [1.82, 2.24) is 10.2 Å². The quantitative estimate of drug-likeness (QED) is 0.572. The van der Waals surface area contributed by atoms with Crippen LogP contribution in [0.4, 0.5) is 0 Å². The van der Waals surface area contributed by atoms with Crippen molar-refractivity contribution in [3.05, 3.63) is 0 Å². The lowest BCUT2D eigenvalue weighted by Gasteiger charge is -2.49. The smallest absolute Gasteiger partial charge is 0.0872 e. The van der Waals surface area contributed by atoms with Gasteiger partial charge in [-0.2, -0.15) is 0 Å². The van der Waals surface area contributed by atoms with Crippen LogP contribution in [-0.4, -0.2) is 47.8 Å². The average molecular weight is 170 g/mol. The highest BCUT2D eigenvalue weighted by atomic mass is 16.3. The lowest BCUT2D eigenvalue weighted by molar-refractivity contribution is -0.106. The number of likely N-dealkylation sites (tertiary alicyclic amines) is 1. The number of aliphatic hydroxyl groups is 1. The van der Waals surface area contributed by atoms with Crippen LogP contribution in [0.5, 0.6) is 0 Å². The molecule has 2 aliphatic heterocycles. The number of nitrogens with zero attached hydrogens (tertiary/aromatic N) is 1. The monoisotopic (exact) mass is 170 g/mol. The van der Waals surface area contributed by atoms with E-state index < -0.39 is 5.60 Å². The van der Waals surface area contributed by atoms with Gasteiger partial charge in [0.05, 0.1) is 5.60 Å². The molecule has 0 aromatic carbocycles. The molecule has 0 bridgehead atoms. The minimum absolute atomic E-state index is 0.398. The van der Waals surface area contributed by atoms with Gasteiger partial charge in [-0.25, -0.2) is 0 Å². The van der Waals surface area contributed by atoms with Crippen LogP contribution in [0.25, 0.3) is 0 Å². The van der Waals surface area contributed by atoms with Crippen LogP contribution in [0.1, 0.15) is 19.8 Å². The van der Waals surface area contributed by atoms with Gasteiger partial charge in [-0.3, -0.25) is 4.90 Å². The molecule has 2 saturated heterocycles. The Kier molecular flexibility index (Phi) is 2.10. The Labute approximate surface area is 73.8 Å². The number of hydrogen-bond acceptors (Lipinski definition) is 3. The third kappa shape index (κ3) is 1.63. The van der Waals surface area contributed by atoms with E-state index in [1.807, 2.05) is 6.92 Å². The molecule has 2 rings (SSSR count). The van der Waals surface area contributed by atoms with Gasteiger partial charge in [0, 0.05) is 19.1 Å². The third-order valence-corrected chi connectivity index (χ3v) is 2.91. The van der Waals surface area contributed by atoms with Gasteiger partial charge in [-0.1, -0.05) is 0 Å². The average Bonchev–Trinajstić information content (AvgIpc) is 2.02. The molecule has 3 heteroatoms. The summed E-state index contributed by atoms with van der Waals surface area (Å²) in [7, 11) is 0. The zero-order valence-corrected chi connectivity index (χ0v) is 7.71. The maximum atomic E-state index is 9.56. The summed E-state index contributed by atoms with van der Waals surface area (Å²) in [5.41, 5.74) is -0.398. The molecule has 2 fully saturated rings. The molecule has 0 aromatic heterocycles. The predicted molar refractivity (Wildman–Crippen MR) is 48.1 cm³/mol. The van der Waals surface area contributed by atoms with Gasteiger partial charge < -0.3 is 10.4 Å². The van der Waals surface area contributed by atoms with Crippen LogP contribution in [-0.2, 0) is 0 Å². The first-order valence-corrected chi connectivity index (χ1v) is 4.84. The number of hydrogen-bond donors (Lipinski definition) is 2. The molecule has 70 valence electrons. The Morgan fingerprint density at radius 1 is 1.33 bits per heavy atom. The highest BCUT2D eigenvalue weighted by molar-refractivity contribution is 4.95. The first-order valence-electron chi connectivity index (χ1n) is 4.84. The third-order valence-electron chi connectivity index (χ3n) is 2.91. The molecule has 0 unspecified atom stereocenters. The van der Waals surface area contributed by atoms with E-state index in [4.69, 9.17) is 0 Å². The Bertz CT molecular complexity index is 156. The fraction of sp³-hybridized carbons (Fsp3) is 1.00. The van der Waals surface area contributed by atoms with Crippen LogP contribution in [0, 0.1) is 0 Å². The van der Waals surface area contributed by atoms with Crippen molar-refractivity contribution in [2.24, 2.45) is 0 Å². The minimum atomic E-state index is -0.398. The molecule has 0 saturated carbocycles. The van der Waals surface area contributed by atoms with Gasteiger partial charge in [-0.05, 0) is 32.9 Å². The van der Waals surface area contributed by atoms with Crippen LogP contribution >= 0.6 is 0 Å². The van der Waals surface area contributed by atoms with E-state index in [0.29, 0.717) is 0 Å². The Balaban J connectivity index is 1.79. The van der Waals surface area contributed by atoms with Crippen LogP contribution in [0.15, 0.2) is 0 Å². The van der Waals surface area contributed by atoms with E-state index in [0.717, 1.165) is 32.2 Å². The largest absolute Gasteiger partial charge is 0.388 e. The maximum Gasteiger partial charge on any atom is 0.0872 e. The summed E-state index contributed by atoms with van der Waals surface area (Å²) in [6.45, 7) is 5.95. The van der Waals surface area contributed by atoms with Crippen molar-refractivity contribution >= 4 is 0 Å². The summed E-state index contributed by atoms with van der Waals surface area (Å²) in [6.07, 6.45) is 2.49. The minimum Gasteiger partial charge on any atom is -0.388 e. The van der Waals surface area contributed by atoms with Crippen molar-refractivity contribution in [3.63, 3.8) is 0 Å². The summed E-state index contributed by atoms with van der Waals surface area (Å²) in [6, 6.07) is 0.728. The normalized spacial score (nSPS) is 31.5. The number of β-amino-alcohol motifs (C(OH)–C–C–N with tert-alkyl or cyclic N) is 1. The van der Waals surface area contributed by atoms with E-state index in [9.17, 15) is 5.11 Å². The number of nitrogens with one attached hydrogen (secondary N) is 1. The van der Waals surface area contributed by atoms with E-state index in [2.05, 4.69) is 10.2 Å². The molecular formula is C9H18N2O. The second-order valence-corrected chi connectivity index (χ2v) is 4.38. The molecule has 2 heterocycles. The lowest BCUT2D eigenvalue weighted by Crippen LogP contribution is -2.64. The highest BCUT2D eigenvalue weighted by Crippen LogP contribution is 2.25. The zero-order chi connectivity index (χ0) is 8.60. The van der Waals surface area contributed by atoms with Crippen molar-refractivity contribution in [1.29, 1.82) is 0 Å². The molecular weight excluding hydrogens is 152 g/mol. The molecule has 2 aliphatic rings. The first-order chi connectivity index (χ1) is 5.67. The number of rotatable bonds is 1. The Morgan fingerprint density at radius 3 is 2.42 bits per heavy atom. The van der Waals surface area contributed by atoms with Gasteiger partial charge >= 0.3 is 0 Å². The van der Waals surface area contributed by atoms with Crippen molar-refractivity contribution in [2.75, 3.05) is 26.2 Å². The molecule has 0 atom stereocenters. The lowest BCUT2D eigenvalue weighted by atomic mass is 9.91. The molecule has 12 heavy (non-hydrogen) atoms. The van der Waals surface area contributed by atoms with E-state index >= 15 is 0 Å². The van der Waals surface area contributed by atoms with Crippen molar-refractivity contribution in [2.45, 2.75) is 31.4 Å². The molecule has 0 amide bonds. The van der Waals surface area contributed by atoms with E-state index in [1.54, 1.807) is 0 Å².